The first kappa shape index (κ1) is 27.8. The predicted molar refractivity (Wildman–Crippen MR) is 103 cm³/mol. The maximum absolute atomic E-state index is 11.8. The van der Waals surface area contributed by atoms with E-state index in [0.29, 0.717) is 0 Å². The molecule has 6 atom stereocenters. The lowest BCUT2D eigenvalue weighted by molar-refractivity contribution is -0.298. The SMILES string of the molecule is CC(=O)N[C@@H]1[C@@H]([C@@H](OC(C)=O)[C@H](COC(C)=O)OC(C)=O)OC(O)(C(=O)O)C[C@H]1OC(C)=O. The predicted octanol–water partition coefficient (Wildman–Crippen LogP) is -1.59. The molecule has 1 aliphatic heterocycles. The van der Waals surface area contributed by atoms with Gasteiger partial charge in [0, 0.05) is 34.6 Å². The summed E-state index contributed by atoms with van der Waals surface area (Å²) in [5.74, 6) is -8.96. The van der Waals surface area contributed by atoms with Gasteiger partial charge in [-0.05, 0) is 0 Å². The van der Waals surface area contributed by atoms with Crippen LogP contribution in [-0.4, -0.2) is 88.8 Å². The summed E-state index contributed by atoms with van der Waals surface area (Å²) in [6, 6.07) is -1.37. The van der Waals surface area contributed by atoms with Crippen LogP contribution < -0.4 is 5.32 Å². The molecule has 1 fully saturated rings. The molecule has 14 nitrogen and oxygen atoms in total. The van der Waals surface area contributed by atoms with Crippen LogP contribution in [0.15, 0.2) is 0 Å². The van der Waals surface area contributed by atoms with Gasteiger partial charge in [-0.15, -0.1) is 0 Å². The van der Waals surface area contributed by atoms with Gasteiger partial charge in [0.25, 0.3) is 5.79 Å². The maximum atomic E-state index is 11.8. The van der Waals surface area contributed by atoms with Gasteiger partial charge in [0.1, 0.15) is 18.8 Å². The number of nitrogens with one attached hydrogen (secondary N) is 1. The van der Waals surface area contributed by atoms with Crippen LogP contribution in [0.2, 0.25) is 0 Å². The van der Waals surface area contributed by atoms with Crippen molar-refractivity contribution in [1.82, 2.24) is 5.32 Å². The number of amides is 1. The standard InChI is InChI=1S/C19H27NO13/c1-8(21)20-15-13(30-10(3)23)6-19(28,18(26)27)33-17(15)16(32-12(5)25)14(31-11(4)24)7-29-9(2)22/h13-17,28H,6-7H2,1-5H3,(H,20,21)(H,26,27)/t13-,14+,15+,16+,17+,19?/m1/s1. The van der Waals surface area contributed by atoms with Gasteiger partial charge < -0.3 is 39.2 Å². The molecule has 1 rings (SSSR count). The molecule has 1 saturated heterocycles. The second-order valence-electron chi connectivity index (χ2n) is 7.27. The molecule has 0 bridgehead atoms. The van der Waals surface area contributed by atoms with Gasteiger partial charge in [0.2, 0.25) is 5.91 Å². The lowest BCUT2D eigenvalue weighted by Crippen LogP contribution is -2.68. The van der Waals surface area contributed by atoms with Crippen LogP contribution in [0.3, 0.4) is 0 Å². The number of hydrogen-bond acceptors (Lipinski definition) is 12. The van der Waals surface area contributed by atoms with Crippen molar-refractivity contribution in [3.63, 3.8) is 0 Å². The number of aliphatic hydroxyl groups is 1. The summed E-state index contributed by atoms with van der Waals surface area (Å²) in [6.45, 7) is 4.51. The van der Waals surface area contributed by atoms with E-state index in [9.17, 15) is 39.0 Å². The van der Waals surface area contributed by atoms with Crippen molar-refractivity contribution in [3.05, 3.63) is 0 Å². The zero-order valence-electron chi connectivity index (χ0n) is 18.7. The highest BCUT2D eigenvalue weighted by atomic mass is 16.7. The summed E-state index contributed by atoms with van der Waals surface area (Å²) < 4.78 is 25.6. The summed E-state index contributed by atoms with van der Waals surface area (Å²) in [4.78, 5) is 70.0. The minimum Gasteiger partial charge on any atom is -0.477 e. The molecule has 1 amide bonds. The molecule has 0 aromatic rings. The number of ether oxygens (including phenoxy) is 5. The second kappa shape index (κ2) is 11.6. The van der Waals surface area contributed by atoms with E-state index in [0.717, 1.165) is 34.6 Å². The monoisotopic (exact) mass is 477 g/mol. The molecular weight excluding hydrogens is 450 g/mol. The average molecular weight is 477 g/mol. The highest BCUT2D eigenvalue weighted by Crippen LogP contribution is 2.34. The van der Waals surface area contributed by atoms with Gasteiger partial charge in [-0.3, -0.25) is 24.0 Å². The largest absolute Gasteiger partial charge is 0.477 e. The van der Waals surface area contributed by atoms with E-state index in [4.69, 9.17) is 23.7 Å². The fourth-order valence-electron chi connectivity index (χ4n) is 3.26. The minimum absolute atomic E-state index is 0.650. The molecule has 186 valence electrons. The van der Waals surface area contributed by atoms with E-state index in [2.05, 4.69) is 5.32 Å². The highest BCUT2D eigenvalue weighted by Gasteiger charge is 2.57. The number of rotatable bonds is 9. The Morgan fingerprint density at radius 3 is 1.97 bits per heavy atom. The summed E-state index contributed by atoms with van der Waals surface area (Å²) in [7, 11) is 0. The second-order valence-corrected chi connectivity index (χ2v) is 7.27. The molecule has 0 radical (unpaired) electrons. The molecule has 1 aliphatic rings. The lowest BCUT2D eigenvalue weighted by Gasteiger charge is -2.46. The number of hydrogen-bond donors (Lipinski definition) is 3. The third-order valence-corrected chi connectivity index (χ3v) is 4.35. The van der Waals surface area contributed by atoms with Crippen LogP contribution in [0.25, 0.3) is 0 Å². The van der Waals surface area contributed by atoms with Crippen molar-refractivity contribution in [3.8, 4) is 0 Å². The van der Waals surface area contributed by atoms with Gasteiger partial charge in [-0.2, -0.15) is 0 Å². The number of carbonyl (C=O) groups is 6. The van der Waals surface area contributed by atoms with Crippen LogP contribution in [0, 0.1) is 0 Å². The Balaban J connectivity index is 3.60. The summed E-state index contributed by atoms with van der Waals surface area (Å²) in [5.41, 5.74) is 0. The van der Waals surface area contributed by atoms with Crippen LogP contribution in [0.4, 0.5) is 0 Å². The minimum atomic E-state index is -2.94. The molecule has 14 heteroatoms. The van der Waals surface area contributed by atoms with Crippen LogP contribution in [-0.2, 0) is 52.5 Å². The molecule has 0 aliphatic carbocycles. The number of carboxylic acid groups (broad SMARTS) is 1. The topological polar surface area (TPSA) is 201 Å². The van der Waals surface area contributed by atoms with Crippen molar-refractivity contribution >= 4 is 35.8 Å². The van der Waals surface area contributed by atoms with Gasteiger partial charge >= 0.3 is 29.8 Å². The van der Waals surface area contributed by atoms with Gasteiger partial charge in [-0.25, -0.2) is 4.79 Å². The summed E-state index contributed by atoms with van der Waals surface area (Å²) in [6.07, 6.45) is -7.26. The zero-order valence-corrected chi connectivity index (χ0v) is 18.7. The van der Waals surface area contributed by atoms with E-state index in [1.54, 1.807) is 0 Å². The first-order chi connectivity index (χ1) is 15.2. The molecule has 1 heterocycles. The fraction of sp³-hybridized carbons (Fsp3) is 0.684. The zero-order chi connectivity index (χ0) is 25.5. The molecule has 1 unspecified atom stereocenters. The summed E-state index contributed by atoms with van der Waals surface area (Å²) >= 11 is 0. The normalized spacial score (nSPS) is 26.2. The Morgan fingerprint density at radius 2 is 1.55 bits per heavy atom. The summed E-state index contributed by atoms with van der Waals surface area (Å²) in [5, 5.41) is 22.5. The number of esters is 4. The van der Waals surface area contributed by atoms with E-state index in [1.165, 1.54) is 0 Å². The van der Waals surface area contributed by atoms with Gasteiger partial charge in [0.05, 0.1) is 12.5 Å². The average Bonchev–Trinajstić information content (AvgIpc) is 2.64. The first-order valence-electron chi connectivity index (χ1n) is 9.72. The Morgan fingerprint density at radius 1 is 0.970 bits per heavy atom. The molecular formula is C19H27NO13. The quantitative estimate of drug-likeness (QED) is 0.254. The highest BCUT2D eigenvalue weighted by molar-refractivity contribution is 5.76. The third-order valence-electron chi connectivity index (χ3n) is 4.35. The third kappa shape index (κ3) is 8.31. The molecule has 0 aromatic carbocycles. The van der Waals surface area contributed by atoms with Crippen molar-refractivity contribution in [2.75, 3.05) is 6.61 Å². The molecule has 0 spiro atoms. The molecule has 0 saturated carbocycles. The van der Waals surface area contributed by atoms with Crippen molar-refractivity contribution < 1.29 is 62.7 Å². The Bertz CT molecular complexity index is 797. The maximum Gasteiger partial charge on any atom is 0.364 e. The Labute approximate surface area is 188 Å². The fourth-order valence-corrected chi connectivity index (χ4v) is 3.26. The van der Waals surface area contributed by atoms with Crippen LogP contribution >= 0.6 is 0 Å². The van der Waals surface area contributed by atoms with E-state index >= 15 is 0 Å². The molecule has 0 aromatic heterocycles. The molecule has 33 heavy (non-hydrogen) atoms. The van der Waals surface area contributed by atoms with Crippen molar-refractivity contribution in [2.24, 2.45) is 0 Å². The Hall–Kier alpha value is -3.26. The number of aliphatic carboxylic acids is 1. The number of carboxylic acids is 1. The Kier molecular flexibility index (Phi) is 9.73. The van der Waals surface area contributed by atoms with Gasteiger partial charge in [0.15, 0.2) is 12.2 Å². The van der Waals surface area contributed by atoms with Crippen LogP contribution in [0.1, 0.15) is 41.0 Å². The van der Waals surface area contributed by atoms with Crippen LogP contribution in [0.5, 0.6) is 0 Å². The van der Waals surface area contributed by atoms with Gasteiger partial charge in [-0.1, -0.05) is 0 Å². The van der Waals surface area contributed by atoms with E-state index in [1.807, 2.05) is 0 Å². The van der Waals surface area contributed by atoms with E-state index < -0.39 is 85.0 Å². The smallest absolute Gasteiger partial charge is 0.364 e. The lowest BCUT2D eigenvalue weighted by atomic mass is 9.88. The van der Waals surface area contributed by atoms with Crippen molar-refractivity contribution in [1.29, 1.82) is 0 Å². The number of carbonyl (C=O) groups excluding carboxylic acids is 5. The first-order valence-corrected chi connectivity index (χ1v) is 9.72. The molecule has 3 N–H and O–H groups in total. The van der Waals surface area contributed by atoms with Crippen molar-refractivity contribution in [2.45, 2.75) is 77.3 Å². The van der Waals surface area contributed by atoms with E-state index in [-0.39, 0.29) is 0 Å².